The first-order chi connectivity index (χ1) is 25.9. The van der Waals surface area contributed by atoms with Crippen LogP contribution in [0.15, 0.2) is 96.0 Å². The Morgan fingerprint density at radius 2 is 0.981 bits per heavy atom. The number of hydrogen-bond donors (Lipinski definition) is 6. The highest BCUT2D eigenvalue weighted by Gasteiger charge is 2.37. The average molecular weight is 773 g/mol. The van der Waals surface area contributed by atoms with Crippen molar-refractivity contribution in [3.8, 4) is 0 Å². The number of nitrogens with zero attached hydrogens (tertiary/aromatic N) is 2. The number of hydrogen-bond acceptors (Lipinski definition) is 10. The van der Waals surface area contributed by atoms with Crippen molar-refractivity contribution in [2.45, 2.75) is 76.9 Å². The van der Waals surface area contributed by atoms with Gasteiger partial charge in [-0.1, -0.05) is 88.4 Å². The first-order valence-electron chi connectivity index (χ1n) is 17.7. The van der Waals surface area contributed by atoms with Crippen LogP contribution in [0.4, 0.5) is 0 Å². The number of carbonyl (C=O) groups is 4. The van der Waals surface area contributed by atoms with E-state index in [9.17, 15) is 29.4 Å². The van der Waals surface area contributed by atoms with Crippen LogP contribution >= 0.6 is 22.7 Å². The van der Waals surface area contributed by atoms with Gasteiger partial charge in [-0.3, -0.25) is 19.2 Å². The number of carbonyl (C=O) groups excluding carboxylic acids is 4. The zero-order chi connectivity index (χ0) is 39.0. The summed E-state index contributed by atoms with van der Waals surface area (Å²) in [5.74, 6) is -2.74. The van der Waals surface area contributed by atoms with Gasteiger partial charge in [-0.15, -0.1) is 22.7 Å². The van der Waals surface area contributed by atoms with E-state index in [2.05, 4.69) is 31.2 Å². The second-order valence-corrected chi connectivity index (χ2v) is 15.3. The van der Waals surface area contributed by atoms with Crippen LogP contribution in [0.25, 0.3) is 12.2 Å². The molecule has 0 spiro atoms. The van der Waals surface area contributed by atoms with Gasteiger partial charge in [0.15, 0.2) is 0 Å². The van der Waals surface area contributed by atoms with Gasteiger partial charge in [0.2, 0.25) is 23.6 Å². The van der Waals surface area contributed by atoms with Gasteiger partial charge < -0.3 is 31.5 Å². The highest BCUT2D eigenvalue weighted by molar-refractivity contribution is 7.10. The summed E-state index contributed by atoms with van der Waals surface area (Å²) < 4.78 is 0. The van der Waals surface area contributed by atoms with Gasteiger partial charge in [-0.25, -0.2) is 9.97 Å². The lowest BCUT2D eigenvalue weighted by Gasteiger charge is -2.35. The van der Waals surface area contributed by atoms with Crippen LogP contribution in [0.5, 0.6) is 0 Å². The third kappa shape index (κ3) is 13.1. The van der Waals surface area contributed by atoms with E-state index in [4.69, 9.17) is 0 Å². The zero-order valence-electron chi connectivity index (χ0n) is 30.7. The van der Waals surface area contributed by atoms with Gasteiger partial charge in [-0.05, 0) is 48.0 Å². The molecule has 54 heavy (non-hydrogen) atoms. The Kier molecular flexibility index (Phi) is 16.2. The van der Waals surface area contributed by atoms with Crippen molar-refractivity contribution in [1.29, 1.82) is 0 Å². The van der Waals surface area contributed by atoms with Crippen LogP contribution in [-0.4, -0.2) is 80.2 Å². The van der Waals surface area contributed by atoms with E-state index in [0.717, 1.165) is 11.1 Å². The predicted octanol–water partition coefficient (Wildman–Crippen LogP) is 3.78. The van der Waals surface area contributed by atoms with E-state index in [1.54, 1.807) is 63.0 Å². The number of thiazole rings is 2. The summed E-state index contributed by atoms with van der Waals surface area (Å²) in [6, 6.07) is 14.3. The molecule has 0 aliphatic heterocycles. The number of aliphatic hydroxyl groups is 2. The van der Waals surface area contributed by atoms with Gasteiger partial charge in [0.1, 0.15) is 34.3 Å². The maximum absolute atomic E-state index is 13.8. The molecule has 4 amide bonds. The van der Waals surface area contributed by atoms with Crippen molar-refractivity contribution >= 4 is 58.5 Å². The highest BCUT2D eigenvalue weighted by Crippen LogP contribution is 2.17. The standard InChI is InChI=1S/C40H48N6O6S2/c1-25(2)35(45-31(47)15-17-33-41-19-21-53-33)39(51)43-29(23-27-11-7-5-8-12-27)37(49)38(50)30(24-28-13-9-6-10-14-28)44-40(52)36(26(3)4)46-32(48)16-18-34-42-20-22-54-34/h5-22,25-26,29-30,35-38,49-50H,23-24H2,1-4H3,(H,43,51)(H,44,52)(H,45,47)(H,46,48)/t29-,30-,35-,36-,37+,38+/m0/s1. The molecular weight excluding hydrogens is 725 g/mol. The molecule has 0 saturated heterocycles. The number of aromatic nitrogens is 2. The predicted molar refractivity (Wildman–Crippen MR) is 212 cm³/mol. The fraction of sp³-hybridized carbons (Fsp3) is 0.350. The van der Waals surface area contributed by atoms with E-state index in [0.29, 0.717) is 10.0 Å². The number of aliphatic hydroxyl groups excluding tert-OH is 2. The van der Waals surface area contributed by atoms with E-state index in [-0.39, 0.29) is 24.7 Å². The summed E-state index contributed by atoms with van der Waals surface area (Å²) in [6.45, 7) is 7.15. The van der Waals surface area contributed by atoms with Crippen molar-refractivity contribution in [2.75, 3.05) is 0 Å². The summed E-state index contributed by atoms with van der Waals surface area (Å²) in [6.07, 6.45) is 6.09. The van der Waals surface area contributed by atoms with Gasteiger partial charge in [0, 0.05) is 35.3 Å². The molecule has 2 heterocycles. The Morgan fingerprint density at radius 3 is 1.30 bits per heavy atom. The minimum absolute atomic E-state index is 0.135. The smallest absolute Gasteiger partial charge is 0.244 e. The van der Waals surface area contributed by atoms with Crippen LogP contribution in [0.1, 0.15) is 48.8 Å². The van der Waals surface area contributed by atoms with Crippen molar-refractivity contribution < 1.29 is 29.4 Å². The Balaban J connectivity index is 1.56. The van der Waals surface area contributed by atoms with Crippen LogP contribution in [0.3, 0.4) is 0 Å². The molecule has 0 aliphatic carbocycles. The quantitative estimate of drug-likeness (QED) is 0.0779. The molecule has 2 aromatic carbocycles. The van der Waals surface area contributed by atoms with Crippen molar-refractivity contribution in [3.63, 3.8) is 0 Å². The monoisotopic (exact) mass is 772 g/mol. The molecule has 6 atom stereocenters. The molecule has 0 radical (unpaired) electrons. The average Bonchev–Trinajstić information content (AvgIpc) is 3.89. The first-order valence-corrected chi connectivity index (χ1v) is 19.5. The second-order valence-electron chi connectivity index (χ2n) is 13.5. The lowest BCUT2D eigenvalue weighted by atomic mass is 9.90. The van der Waals surface area contributed by atoms with Crippen LogP contribution in [0, 0.1) is 11.8 Å². The van der Waals surface area contributed by atoms with E-state index in [1.165, 1.54) is 34.8 Å². The molecule has 0 saturated carbocycles. The minimum atomic E-state index is -1.58. The SMILES string of the molecule is CC(C)[C@H](NC(=O)C=Cc1nccs1)C(=O)N[C@@H](Cc1ccccc1)[C@@H](O)[C@H](O)[C@H](Cc1ccccc1)NC(=O)[C@@H](NC(=O)C=Cc1nccs1)C(C)C. The highest BCUT2D eigenvalue weighted by atomic mass is 32.1. The van der Waals surface area contributed by atoms with Crippen LogP contribution < -0.4 is 21.3 Å². The molecule has 0 fully saturated rings. The topological polar surface area (TPSA) is 183 Å². The van der Waals surface area contributed by atoms with Gasteiger partial charge >= 0.3 is 0 Å². The van der Waals surface area contributed by atoms with E-state index >= 15 is 0 Å². The molecule has 4 aromatic rings. The number of benzene rings is 2. The molecular formula is C40H48N6O6S2. The molecule has 12 nitrogen and oxygen atoms in total. The fourth-order valence-electron chi connectivity index (χ4n) is 5.67. The summed E-state index contributed by atoms with van der Waals surface area (Å²) in [4.78, 5) is 61.6. The molecule has 2 aromatic heterocycles. The lowest BCUT2D eigenvalue weighted by molar-refractivity contribution is -0.131. The molecule has 14 heteroatoms. The van der Waals surface area contributed by atoms with Crippen LogP contribution in [-0.2, 0) is 32.0 Å². The summed E-state index contributed by atoms with van der Waals surface area (Å²) >= 11 is 2.73. The molecule has 286 valence electrons. The van der Waals surface area contributed by atoms with Crippen molar-refractivity contribution in [3.05, 3.63) is 117 Å². The maximum Gasteiger partial charge on any atom is 0.244 e. The fourth-order valence-corrected chi connectivity index (χ4v) is 6.73. The first kappa shape index (κ1) is 41.7. The van der Waals surface area contributed by atoms with Crippen molar-refractivity contribution in [2.24, 2.45) is 11.8 Å². The van der Waals surface area contributed by atoms with Crippen LogP contribution in [0.2, 0.25) is 0 Å². The number of amides is 4. The van der Waals surface area contributed by atoms with Gasteiger partial charge in [-0.2, -0.15) is 0 Å². The van der Waals surface area contributed by atoms with Crippen molar-refractivity contribution in [1.82, 2.24) is 31.2 Å². The number of rotatable bonds is 19. The third-order valence-electron chi connectivity index (χ3n) is 8.58. The molecule has 0 bridgehead atoms. The summed E-state index contributed by atoms with van der Waals surface area (Å²) in [5.41, 5.74) is 1.56. The Morgan fingerprint density at radius 1 is 0.611 bits per heavy atom. The zero-order valence-corrected chi connectivity index (χ0v) is 32.3. The molecule has 4 rings (SSSR count). The summed E-state index contributed by atoms with van der Waals surface area (Å²) in [7, 11) is 0. The van der Waals surface area contributed by atoms with Gasteiger partial charge in [0.25, 0.3) is 0 Å². The Labute approximate surface area is 323 Å². The lowest BCUT2D eigenvalue weighted by Crippen LogP contribution is -2.61. The summed E-state index contributed by atoms with van der Waals surface area (Å²) in [5, 5.41) is 39.9. The maximum atomic E-state index is 13.8. The largest absolute Gasteiger partial charge is 0.388 e. The van der Waals surface area contributed by atoms with E-state index < -0.39 is 60.0 Å². The minimum Gasteiger partial charge on any atom is -0.388 e. The molecule has 6 N–H and O–H groups in total. The van der Waals surface area contributed by atoms with Gasteiger partial charge in [0.05, 0.1) is 12.1 Å². The number of nitrogens with one attached hydrogen (secondary N) is 4. The van der Waals surface area contributed by atoms with E-state index in [1.807, 2.05) is 60.7 Å². The molecule has 0 unspecified atom stereocenters. The molecule has 0 aliphatic rings. The second kappa shape index (κ2) is 21.0. The third-order valence-corrected chi connectivity index (χ3v) is 10.1. The Hall–Kier alpha value is -5.02. The normalized spacial score (nSPS) is 15.0. The Bertz CT molecular complexity index is 1680.